The predicted molar refractivity (Wildman–Crippen MR) is 71.8 cm³/mol. The van der Waals surface area contributed by atoms with Gasteiger partial charge in [-0.2, -0.15) is 0 Å². The predicted octanol–water partition coefficient (Wildman–Crippen LogP) is 1.80. The van der Waals surface area contributed by atoms with E-state index >= 15 is 0 Å². The Hall–Kier alpha value is -0.610. The van der Waals surface area contributed by atoms with Gasteiger partial charge in [0, 0.05) is 5.54 Å². The number of carboxylic acid groups (broad SMARTS) is 1. The van der Waals surface area contributed by atoms with E-state index in [1.807, 2.05) is 0 Å². The van der Waals surface area contributed by atoms with Gasteiger partial charge in [0.15, 0.2) is 0 Å². The van der Waals surface area contributed by atoms with Gasteiger partial charge >= 0.3 is 5.97 Å². The van der Waals surface area contributed by atoms with Crippen LogP contribution in [0.1, 0.15) is 45.4 Å². The molecule has 0 saturated carbocycles. The van der Waals surface area contributed by atoms with Gasteiger partial charge in [0.2, 0.25) is 0 Å². The minimum atomic E-state index is -0.634. The number of likely N-dealkylation sites (tertiary alicyclic amines) is 2. The Bertz CT molecular complexity index is 280. The first-order chi connectivity index (χ1) is 8.66. The molecule has 2 rings (SSSR count). The van der Waals surface area contributed by atoms with Crippen LogP contribution in [-0.2, 0) is 4.79 Å². The first-order valence-corrected chi connectivity index (χ1v) is 7.35. The van der Waals surface area contributed by atoms with Crippen molar-refractivity contribution in [1.29, 1.82) is 0 Å². The molecule has 0 spiro atoms. The second-order valence-electron chi connectivity index (χ2n) is 5.78. The van der Waals surface area contributed by atoms with Crippen LogP contribution in [0.3, 0.4) is 0 Å². The van der Waals surface area contributed by atoms with Crippen molar-refractivity contribution < 1.29 is 9.90 Å². The Morgan fingerprint density at radius 1 is 1.11 bits per heavy atom. The maximum atomic E-state index is 11.2. The minimum Gasteiger partial charge on any atom is -0.481 e. The number of piperidine rings is 2. The summed E-state index contributed by atoms with van der Waals surface area (Å²) in [5.41, 5.74) is -0.0576. The number of hydrogen-bond acceptors (Lipinski definition) is 3. The van der Waals surface area contributed by atoms with E-state index in [0.29, 0.717) is 6.42 Å². The topological polar surface area (TPSA) is 43.8 Å². The quantitative estimate of drug-likeness (QED) is 0.831. The normalized spacial score (nSPS) is 26.1. The fourth-order valence-corrected chi connectivity index (χ4v) is 3.54. The molecule has 4 heteroatoms. The summed E-state index contributed by atoms with van der Waals surface area (Å²) in [7, 11) is 0. The molecule has 0 bridgehead atoms. The van der Waals surface area contributed by atoms with Crippen LogP contribution in [0.15, 0.2) is 0 Å². The van der Waals surface area contributed by atoms with E-state index in [4.69, 9.17) is 0 Å². The van der Waals surface area contributed by atoms with Crippen molar-refractivity contribution >= 4 is 5.97 Å². The van der Waals surface area contributed by atoms with E-state index in [-0.39, 0.29) is 5.54 Å². The summed E-state index contributed by atoms with van der Waals surface area (Å²) in [6, 6.07) is 0. The number of carboxylic acids is 1. The summed E-state index contributed by atoms with van der Waals surface area (Å²) in [6.45, 7) is 7.58. The number of rotatable bonds is 4. The summed E-state index contributed by atoms with van der Waals surface area (Å²) < 4.78 is 0. The average Bonchev–Trinajstić information content (AvgIpc) is 2.40. The molecule has 2 aliphatic heterocycles. The SMILES string of the molecule is CCN1CCC(CC(=O)O)(N2CCCCC2)CC1. The van der Waals surface area contributed by atoms with Crippen molar-refractivity contribution in [3.05, 3.63) is 0 Å². The molecule has 0 amide bonds. The molecule has 0 aromatic rings. The summed E-state index contributed by atoms with van der Waals surface area (Å²) >= 11 is 0. The maximum absolute atomic E-state index is 11.2. The Kier molecular flexibility index (Phi) is 4.62. The highest BCUT2D eigenvalue weighted by atomic mass is 16.4. The summed E-state index contributed by atoms with van der Waals surface area (Å²) in [5.74, 6) is -0.634. The van der Waals surface area contributed by atoms with Crippen LogP contribution in [-0.4, -0.2) is 59.1 Å². The Morgan fingerprint density at radius 2 is 1.72 bits per heavy atom. The summed E-state index contributed by atoms with van der Waals surface area (Å²) in [5, 5.41) is 9.24. The van der Waals surface area contributed by atoms with E-state index in [1.54, 1.807) is 0 Å². The first kappa shape index (κ1) is 13.8. The molecule has 2 fully saturated rings. The van der Waals surface area contributed by atoms with Crippen LogP contribution in [0.5, 0.6) is 0 Å². The molecule has 0 unspecified atom stereocenters. The molecule has 0 radical (unpaired) electrons. The molecule has 18 heavy (non-hydrogen) atoms. The second-order valence-corrected chi connectivity index (χ2v) is 5.78. The summed E-state index contributed by atoms with van der Waals surface area (Å²) in [4.78, 5) is 16.1. The van der Waals surface area contributed by atoms with Crippen molar-refractivity contribution in [3.8, 4) is 0 Å². The van der Waals surface area contributed by atoms with E-state index in [0.717, 1.165) is 45.6 Å². The van der Waals surface area contributed by atoms with Gasteiger partial charge in [0.05, 0.1) is 6.42 Å². The molecule has 0 aromatic carbocycles. The summed E-state index contributed by atoms with van der Waals surface area (Å²) in [6.07, 6.45) is 6.14. The van der Waals surface area contributed by atoms with Crippen LogP contribution in [0.2, 0.25) is 0 Å². The average molecular weight is 254 g/mol. The van der Waals surface area contributed by atoms with Crippen molar-refractivity contribution in [2.45, 2.75) is 51.0 Å². The van der Waals surface area contributed by atoms with E-state index in [1.165, 1.54) is 19.3 Å². The number of carbonyl (C=O) groups is 1. The molecule has 0 aromatic heterocycles. The molecule has 104 valence electrons. The zero-order chi connectivity index (χ0) is 13.0. The van der Waals surface area contributed by atoms with Gasteiger partial charge in [-0.05, 0) is 58.4 Å². The number of aliphatic carboxylic acids is 1. The van der Waals surface area contributed by atoms with Crippen molar-refractivity contribution in [3.63, 3.8) is 0 Å². The van der Waals surface area contributed by atoms with E-state index < -0.39 is 5.97 Å². The fraction of sp³-hybridized carbons (Fsp3) is 0.929. The van der Waals surface area contributed by atoms with Crippen LogP contribution >= 0.6 is 0 Å². The third kappa shape index (κ3) is 3.04. The molecular weight excluding hydrogens is 228 g/mol. The Balaban J connectivity index is 2.05. The van der Waals surface area contributed by atoms with Gasteiger partial charge < -0.3 is 10.0 Å². The molecule has 4 nitrogen and oxygen atoms in total. The molecule has 1 N–H and O–H groups in total. The fourth-order valence-electron chi connectivity index (χ4n) is 3.54. The standard InChI is InChI=1S/C14H26N2O2/c1-2-15-10-6-14(7-11-15,12-13(17)18)16-8-4-3-5-9-16/h2-12H2,1H3,(H,17,18). The third-order valence-electron chi connectivity index (χ3n) is 4.74. The van der Waals surface area contributed by atoms with Crippen LogP contribution in [0.4, 0.5) is 0 Å². The van der Waals surface area contributed by atoms with Crippen molar-refractivity contribution in [1.82, 2.24) is 9.80 Å². The Morgan fingerprint density at radius 3 is 2.22 bits per heavy atom. The molecule has 0 aliphatic carbocycles. The molecule has 2 aliphatic rings. The highest BCUT2D eigenvalue weighted by molar-refractivity contribution is 5.68. The van der Waals surface area contributed by atoms with Crippen LogP contribution in [0.25, 0.3) is 0 Å². The van der Waals surface area contributed by atoms with E-state index in [2.05, 4.69) is 16.7 Å². The highest BCUT2D eigenvalue weighted by Gasteiger charge is 2.41. The van der Waals surface area contributed by atoms with Crippen LogP contribution < -0.4 is 0 Å². The van der Waals surface area contributed by atoms with Gasteiger partial charge in [-0.3, -0.25) is 9.69 Å². The largest absolute Gasteiger partial charge is 0.481 e. The zero-order valence-corrected chi connectivity index (χ0v) is 11.5. The Labute approximate surface area is 110 Å². The molecular formula is C14H26N2O2. The van der Waals surface area contributed by atoms with Crippen LogP contribution in [0, 0.1) is 0 Å². The maximum Gasteiger partial charge on any atom is 0.305 e. The first-order valence-electron chi connectivity index (χ1n) is 7.35. The van der Waals surface area contributed by atoms with Gasteiger partial charge in [0.25, 0.3) is 0 Å². The smallest absolute Gasteiger partial charge is 0.305 e. The lowest BCUT2D eigenvalue weighted by Gasteiger charge is -2.49. The van der Waals surface area contributed by atoms with Gasteiger partial charge in [-0.25, -0.2) is 0 Å². The molecule has 0 atom stereocenters. The monoisotopic (exact) mass is 254 g/mol. The van der Waals surface area contributed by atoms with E-state index in [9.17, 15) is 9.90 Å². The number of nitrogens with zero attached hydrogens (tertiary/aromatic N) is 2. The minimum absolute atomic E-state index is 0.0576. The zero-order valence-electron chi connectivity index (χ0n) is 11.5. The highest BCUT2D eigenvalue weighted by Crippen LogP contribution is 2.34. The lowest BCUT2D eigenvalue weighted by Crippen LogP contribution is -2.57. The van der Waals surface area contributed by atoms with Crippen molar-refractivity contribution in [2.75, 3.05) is 32.7 Å². The van der Waals surface area contributed by atoms with Gasteiger partial charge in [-0.15, -0.1) is 0 Å². The lowest BCUT2D eigenvalue weighted by atomic mass is 9.81. The molecule has 2 heterocycles. The number of hydrogen-bond donors (Lipinski definition) is 1. The lowest BCUT2D eigenvalue weighted by molar-refractivity contribution is -0.142. The third-order valence-corrected chi connectivity index (χ3v) is 4.74. The van der Waals surface area contributed by atoms with Gasteiger partial charge in [0.1, 0.15) is 0 Å². The van der Waals surface area contributed by atoms with Crippen molar-refractivity contribution in [2.24, 2.45) is 0 Å². The second kappa shape index (κ2) is 6.02. The van der Waals surface area contributed by atoms with Gasteiger partial charge in [-0.1, -0.05) is 13.3 Å². The molecule has 2 saturated heterocycles.